The number of aromatic nitrogens is 1. The lowest BCUT2D eigenvalue weighted by Crippen LogP contribution is -2.25. The Morgan fingerprint density at radius 1 is 1.06 bits per heavy atom. The largest absolute Gasteiger partial charge is 0.327 e. The van der Waals surface area contributed by atoms with Gasteiger partial charge in [0.1, 0.15) is 0 Å². The van der Waals surface area contributed by atoms with Crippen LogP contribution in [0.3, 0.4) is 0 Å². The number of nitrogens with two attached hydrogens (primary N) is 1. The molecule has 0 amide bonds. The van der Waals surface area contributed by atoms with Crippen molar-refractivity contribution in [2.75, 3.05) is 0 Å². The maximum Gasteiger partial charge on any atom is 0.0270 e. The summed E-state index contributed by atoms with van der Waals surface area (Å²) in [6, 6.07) is 10.8. The summed E-state index contributed by atoms with van der Waals surface area (Å²) in [5.41, 5.74) is 11.5. The molecule has 0 bridgehead atoms. The average Bonchev–Trinajstić information content (AvgIpc) is 2.34. The van der Waals surface area contributed by atoms with Crippen LogP contribution >= 0.6 is 0 Å². The number of nitrogens with zero attached hydrogens (tertiary/aromatic N) is 1. The zero-order valence-electron chi connectivity index (χ0n) is 11.1. The second kappa shape index (κ2) is 5.78. The molecule has 0 fully saturated rings. The van der Waals surface area contributed by atoms with Gasteiger partial charge in [0.15, 0.2) is 0 Å². The van der Waals surface area contributed by atoms with E-state index in [1.165, 1.54) is 22.3 Å². The molecule has 1 aromatic heterocycles. The third kappa shape index (κ3) is 3.41. The predicted octanol–water partition coefficient (Wildman–Crippen LogP) is 2.81. The van der Waals surface area contributed by atoms with Crippen molar-refractivity contribution in [3.63, 3.8) is 0 Å². The van der Waals surface area contributed by atoms with E-state index in [0.717, 1.165) is 12.8 Å². The number of hydrogen-bond acceptors (Lipinski definition) is 2. The first kappa shape index (κ1) is 12.8. The van der Waals surface area contributed by atoms with Crippen molar-refractivity contribution in [1.82, 2.24) is 4.98 Å². The Kier molecular flexibility index (Phi) is 4.11. The summed E-state index contributed by atoms with van der Waals surface area (Å²) in [5, 5.41) is 0. The molecule has 0 aliphatic rings. The molecule has 2 N–H and O–H groups in total. The monoisotopic (exact) mass is 240 g/mol. The molecule has 0 radical (unpaired) electrons. The van der Waals surface area contributed by atoms with E-state index in [1.54, 1.807) is 0 Å². The molecule has 0 saturated heterocycles. The SMILES string of the molecule is Cc1ccc(CC(N)Cc2ccncc2)c(C)c1. The molecule has 0 aliphatic carbocycles. The number of pyridine rings is 1. The van der Waals surface area contributed by atoms with Gasteiger partial charge < -0.3 is 5.73 Å². The van der Waals surface area contributed by atoms with E-state index in [-0.39, 0.29) is 6.04 Å². The van der Waals surface area contributed by atoms with Crippen LogP contribution in [0.5, 0.6) is 0 Å². The van der Waals surface area contributed by atoms with Gasteiger partial charge in [0.05, 0.1) is 0 Å². The number of hydrogen-bond donors (Lipinski definition) is 1. The lowest BCUT2D eigenvalue weighted by Gasteiger charge is -2.14. The molecule has 2 heteroatoms. The van der Waals surface area contributed by atoms with E-state index in [4.69, 9.17) is 5.73 Å². The first-order valence-corrected chi connectivity index (χ1v) is 6.36. The predicted molar refractivity (Wildman–Crippen MR) is 75.5 cm³/mol. The van der Waals surface area contributed by atoms with E-state index in [2.05, 4.69) is 37.0 Å². The van der Waals surface area contributed by atoms with E-state index < -0.39 is 0 Å². The van der Waals surface area contributed by atoms with Crippen LogP contribution in [-0.4, -0.2) is 11.0 Å². The minimum atomic E-state index is 0.161. The molecule has 2 rings (SSSR count). The summed E-state index contributed by atoms with van der Waals surface area (Å²) in [4.78, 5) is 4.02. The fourth-order valence-corrected chi connectivity index (χ4v) is 2.25. The Bertz CT molecular complexity index is 506. The van der Waals surface area contributed by atoms with Gasteiger partial charge in [0.2, 0.25) is 0 Å². The summed E-state index contributed by atoms with van der Waals surface area (Å²) in [6.07, 6.45) is 5.46. The van der Waals surface area contributed by atoms with Crippen molar-refractivity contribution >= 4 is 0 Å². The molecule has 1 aromatic carbocycles. The Labute approximate surface area is 109 Å². The van der Waals surface area contributed by atoms with Gasteiger partial charge in [-0.1, -0.05) is 23.8 Å². The molecule has 2 nitrogen and oxygen atoms in total. The van der Waals surface area contributed by atoms with Gasteiger partial charge in [-0.15, -0.1) is 0 Å². The third-order valence-corrected chi connectivity index (χ3v) is 3.23. The maximum absolute atomic E-state index is 6.22. The van der Waals surface area contributed by atoms with Crippen LogP contribution < -0.4 is 5.73 Å². The number of aryl methyl sites for hydroxylation is 2. The molecule has 0 saturated carbocycles. The van der Waals surface area contributed by atoms with Crippen LogP contribution in [0.25, 0.3) is 0 Å². The smallest absolute Gasteiger partial charge is 0.0270 e. The molecular weight excluding hydrogens is 220 g/mol. The molecule has 1 atom stereocenters. The van der Waals surface area contributed by atoms with Gasteiger partial charge in [-0.2, -0.15) is 0 Å². The topological polar surface area (TPSA) is 38.9 Å². The lowest BCUT2D eigenvalue weighted by molar-refractivity contribution is 0.662. The van der Waals surface area contributed by atoms with Gasteiger partial charge in [0, 0.05) is 18.4 Å². The zero-order chi connectivity index (χ0) is 13.0. The Hall–Kier alpha value is -1.67. The van der Waals surface area contributed by atoms with Crippen LogP contribution in [-0.2, 0) is 12.8 Å². The van der Waals surface area contributed by atoms with Crippen molar-refractivity contribution in [1.29, 1.82) is 0 Å². The average molecular weight is 240 g/mol. The minimum absolute atomic E-state index is 0.161. The summed E-state index contributed by atoms with van der Waals surface area (Å²) in [5.74, 6) is 0. The maximum atomic E-state index is 6.22. The second-order valence-electron chi connectivity index (χ2n) is 4.95. The number of benzene rings is 1. The van der Waals surface area contributed by atoms with Crippen molar-refractivity contribution in [3.05, 3.63) is 65.0 Å². The number of rotatable bonds is 4. The Morgan fingerprint density at radius 2 is 1.78 bits per heavy atom. The fourth-order valence-electron chi connectivity index (χ4n) is 2.25. The zero-order valence-corrected chi connectivity index (χ0v) is 11.1. The van der Waals surface area contributed by atoms with Crippen molar-refractivity contribution in [2.24, 2.45) is 5.73 Å². The van der Waals surface area contributed by atoms with Crippen LogP contribution in [0.2, 0.25) is 0 Å². The molecule has 1 heterocycles. The van der Waals surface area contributed by atoms with Crippen molar-refractivity contribution in [2.45, 2.75) is 32.7 Å². The highest BCUT2D eigenvalue weighted by Gasteiger charge is 2.07. The summed E-state index contributed by atoms with van der Waals surface area (Å²) >= 11 is 0. The Balaban J connectivity index is 2.01. The van der Waals surface area contributed by atoms with Crippen molar-refractivity contribution in [3.8, 4) is 0 Å². The standard InChI is InChI=1S/C16H20N2/c1-12-3-4-15(13(2)9-12)11-16(17)10-14-5-7-18-8-6-14/h3-9,16H,10-11,17H2,1-2H3. The van der Waals surface area contributed by atoms with Gasteiger partial charge >= 0.3 is 0 Å². The quantitative estimate of drug-likeness (QED) is 0.892. The molecule has 0 spiro atoms. The first-order valence-electron chi connectivity index (χ1n) is 6.36. The highest BCUT2D eigenvalue weighted by Crippen LogP contribution is 2.13. The molecule has 1 unspecified atom stereocenters. The highest BCUT2D eigenvalue weighted by atomic mass is 14.6. The first-order chi connectivity index (χ1) is 8.65. The summed E-state index contributed by atoms with van der Waals surface area (Å²) in [7, 11) is 0. The lowest BCUT2D eigenvalue weighted by atomic mass is 9.96. The van der Waals surface area contributed by atoms with Gasteiger partial charge in [0.25, 0.3) is 0 Å². The minimum Gasteiger partial charge on any atom is -0.327 e. The molecular formula is C16H20N2. The van der Waals surface area contributed by atoms with Crippen LogP contribution in [0.15, 0.2) is 42.7 Å². The summed E-state index contributed by atoms with van der Waals surface area (Å²) < 4.78 is 0. The summed E-state index contributed by atoms with van der Waals surface area (Å²) in [6.45, 7) is 4.27. The van der Waals surface area contributed by atoms with Crippen molar-refractivity contribution < 1.29 is 0 Å². The molecule has 94 valence electrons. The van der Waals surface area contributed by atoms with Gasteiger partial charge in [-0.3, -0.25) is 4.98 Å². The van der Waals surface area contributed by atoms with E-state index in [1.807, 2.05) is 24.5 Å². The normalized spacial score (nSPS) is 12.4. The van der Waals surface area contributed by atoms with Crippen LogP contribution in [0.1, 0.15) is 22.3 Å². The van der Waals surface area contributed by atoms with Gasteiger partial charge in [-0.25, -0.2) is 0 Å². The highest BCUT2D eigenvalue weighted by molar-refractivity contribution is 5.31. The fraction of sp³-hybridized carbons (Fsp3) is 0.312. The Morgan fingerprint density at radius 3 is 2.44 bits per heavy atom. The molecule has 2 aromatic rings. The van der Waals surface area contributed by atoms with Gasteiger partial charge in [-0.05, 0) is 55.5 Å². The molecule has 0 aliphatic heterocycles. The van der Waals surface area contributed by atoms with E-state index in [0.29, 0.717) is 0 Å². The van der Waals surface area contributed by atoms with Crippen LogP contribution in [0, 0.1) is 13.8 Å². The van der Waals surface area contributed by atoms with E-state index >= 15 is 0 Å². The second-order valence-corrected chi connectivity index (χ2v) is 4.95. The van der Waals surface area contributed by atoms with Crippen LogP contribution in [0.4, 0.5) is 0 Å². The molecule has 18 heavy (non-hydrogen) atoms. The third-order valence-electron chi connectivity index (χ3n) is 3.23. The van der Waals surface area contributed by atoms with E-state index in [9.17, 15) is 0 Å².